The van der Waals surface area contributed by atoms with Crippen molar-refractivity contribution in [1.82, 2.24) is 0 Å². The second kappa shape index (κ2) is 15.0. The van der Waals surface area contributed by atoms with Gasteiger partial charge >= 0.3 is 24.1 Å². The van der Waals surface area contributed by atoms with Crippen molar-refractivity contribution in [1.29, 1.82) is 0 Å². The molecule has 0 spiro atoms. The SMILES string of the molecule is CC(C)(C)OC(Cl)(OOP(=O)(OOC(Cl)(OC(C)(C)C)OC(C)(C)C)OOC(Cl)(OC(C)(C)C)OC(C)(C)C)OC(C)(C)C. The van der Waals surface area contributed by atoms with Gasteiger partial charge in [-0.25, -0.2) is 4.57 Å². The zero-order chi connectivity index (χ0) is 35.5. The summed E-state index contributed by atoms with van der Waals surface area (Å²) in [4.78, 5) is 15.5. The van der Waals surface area contributed by atoms with E-state index in [9.17, 15) is 4.57 Å². The van der Waals surface area contributed by atoms with E-state index in [-0.39, 0.29) is 0 Å². The molecule has 17 heteroatoms. The van der Waals surface area contributed by atoms with Crippen molar-refractivity contribution in [3.8, 4) is 0 Å². The highest BCUT2D eigenvalue weighted by Gasteiger charge is 2.51. The maximum atomic E-state index is 14.0. The lowest BCUT2D eigenvalue weighted by atomic mass is 10.2. The van der Waals surface area contributed by atoms with E-state index in [1.807, 2.05) is 0 Å². The van der Waals surface area contributed by atoms with Gasteiger partial charge in [-0.1, -0.05) is 0 Å². The molecule has 0 aliphatic heterocycles. The van der Waals surface area contributed by atoms with Gasteiger partial charge in [-0.2, -0.15) is 0 Å². The molecule has 0 radical (unpaired) electrons. The molecule has 0 amide bonds. The van der Waals surface area contributed by atoms with Crippen LogP contribution in [0.5, 0.6) is 0 Å². The van der Waals surface area contributed by atoms with Crippen LogP contribution >= 0.6 is 42.6 Å². The van der Waals surface area contributed by atoms with E-state index in [1.165, 1.54) is 0 Å². The molecule has 0 aromatic rings. The second-order valence-corrected chi connectivity index (χ2v) is 18.4. The predicted octanol–water partition coefficient (Wildman–Crippen LogP) is 9.38. The first-order valence-electron chi connectivity index (χ1n) is 13.9. The van der Waals surface area contributed by atoms with Crippen LogP contribution in [0.25, 0.3) is 0 Å². The molecule has 0 aromatic heterocycles. The summed E-state index contributed by atoms with van der Waals surface area (Å²) in [6, 6.07) is 0. The Morgan fingerprint density at radius 2 is 0.477 bits per heavy atom. The summed E-state index contributed by atoms with van der Waals surface area (Å²) < 4.78 is 63.2. The molecule has 0 heterocycles. The van der Waals surface area contributed by atoms with Crippen LogP contribution in [-0.2, 0) is 61.7 Å². The van der Waals surface area contributed by atoms with E-state index in [0.717, 1.165) is 0 Å². The lowest BCUT2D eigenvalue weighted by Gasteiger charge is -2.38. The summed E-state index contributed by atoms with van der Waals surface area (Å²) >= 11 is 19.5. The summed E-state index contributed by atoms with van der Waals surface area (Å²) in [7, 11) is -5.30. The summed E-state index contributed by atoms with van der Waals surface area (Å²) in [5.74, 6) is 0. The van der Waals surface area contributed by atoms with E-state index < -0.39 is 57.7 Å². The van der Waals surface area contributed by atoms with Crippen molar-refractivity contribution in [3.63, 3.8) is 0 Å². The third kappa shape index (κ3) is 22.2. The normalized spacial score (nSPS) is 15.7. The Morgan fingerprint density at radius 1 is 0.341 bits per heavy atom. The van der Waals surface area contributed by atoms with Crippen LogP contribution in [0.15, 0.2) is 0 Å². The number of rotatable bonds is 15. The Hall–Kier alpha value is 0.620. The van der Waals surface area contributed by atoms with Gasteiger partial charge < -0.3 is 28.4 Å². The monoisotopic (exact) mass is 722 g/mol. The third-order valence-corrected chi connectivity index (χ3v) is 4.68. The molecule has 13 nitrogen and oxygen atoms in total. The van der Waals surface area contributed by atoms with Gasteiger partial charge in [-0.05, 0) is 159 Å². The quantitative estimate of drug-likeness (QED) is 0.0524. The second-order valence-electron chi connectivity index (χ2n) is 15.7. The number of hydrogen-bond donors (Lipinski definition) is 0. The van der Waals surface area contributed by atoms with Crippen LogP contribution in [0, 0.1) is 0 Å². The first-order valence-corrected chi connectivity index (χ1v) is 16.5. The van der Waals surface area contributed by atoms with Crippen molar-refractivity contribution in [3.05, 3.63) is 0 Å². The predicted molar refractivity (Wildman–Crippen MR) is 165 cm³/mol. The molecule has 44 heavy (non-hydrogen) atoms. The first-order chi connectivity index (χ1) is 18.9. The van der Waals surface area contributed by atoms with Gasteiger partial charge in [-0.15, -0.1) is 28.7 Å². The van der Waals surface area contributed by atoms with Gasteiger partial charge in [0, 0.05) is 0 Å². The molecule has 0 N–H and O–H groups in total. The minimum absolute atomic E-state index is 0.964. The van der Waals surface area contributed by atoms with Gasteiger partial charge in [0.1, 0.15) is 0 Å². The molecule has 0 saturated heterocycles. The van der Waals surface area contributed by atoms with Crippen LogP contribution in [0.2, 0.25) is 0 Å². The van der Waals surface area contributed by atoms with Gasteiger partial charge in [-0.3, -0.25) is 0 Å². The number of ether oxygens (including phenoxy) is 6. The van der Waals surface area contributed by atoms with Crippen molar-refractivity contribution < 1.29 is 61.7 Å². The van der Waals surface area contributed by atoms with Crippen molar-refractivity contribution in [2.75, 3.05) is 0 Å². The highest BCUT2D eigenvalue weighted by atomic mass is 35.5. The highest BCUT2D eigenvalue weighted by molar-refractivity contribution is 7.48. The Morgan fingerprint density at radius 3 is 0.591 bits per heavy atom. The average molecular weight is 724 g/mol. The van der Waals surface area contributed by atoms with Crippen LogP contribution in [0.4, 0.5) is 0 Å². The molecule has 0 aliphatic rings. The molecule has 0 fully saturated rings. The summed E-state index contributed by atoms with van der Waals surface area (Å²) in [5.41, 5.74) is -13.3. The van der Waals surface area contributed by atoms with E-state index in [0.29, 0.717) is 0 Å². The summed E-state index contributed by atoms with van der Waals surface area (Å²) in [6.07, 6.45) is 0. The maximum Gasteiger partial charge on any atom is 0.557 e. The van der Waals surface area contributed by atoms with Crippen LogP contribution in [0.1, 0.15) is 125 Å². The van der Waals surface area contributed by atoms with Gasteiger partial charge in [0.05, 0.1) is 33.6 Å². The fourth-order valence-corrected chi connectivity index (χ4v) is 4.92. The maximum absolute atomic E-state index is 14.0. The number of alkyl halides is 3. The minimum atomic E-state index is -5.30. The van der Waals surface area contributed by atoms with E-state index in [2.05, 4.69) is 0 Å². The molecular formula is C27H54Cl3O13P. The van der Waals surface area contributed by atoms with Crippen LogP contribution < -0.4 is 0 Å². The lowest BCUT2D eigenvalue weighted by Crippen LogP contribution is -2.46. The molecular weight excluding hydrogens is 670 g/mol. The summed E-state index contributed by atoms with van der Waals surface area (Å²) in [5, 5.41) is 0. The van der Waals surface area contributed by atoms with Crippen LogP contribution in [-0.4, -0.2) is 49.9 Å². The molecule has 0 aromatic carbocycles. The summed E-state index contributed by atoms with van der Waals surface area (Å²) in [6.45, 7) is 29.8. The standard InChI is InChI=1S/C27H54Cl3O13P/c1-19(2,3)32-25(28,33-20(4,5)6)38-41-44(31,42-39-26(29,34-21(7,8)9)35-22(10,11)12)43-40-27(30,36-23(13,14)15)37-24(16,17)18/h1-18H3. The van der Waals surface area contributed by atoms with Crippen molar-refractivity contribution >= 4 is 42.6 Å². The number of phosphoric acid groups is 1. The highest BCUT2D eigenvalue weighted by Crippen LogP contribution is 2.55. The molecule has 0 atom stereocenters. The van der Waals surface area contributed by atoms with E-state index >= 15 is 0 Å². The molecule has 0 saturated carbocycles. The number of hydrogen-bond acceptors (Lipinski definition) is 13. The smallest absolute Gasteiger partial charge is 0.307 e. The molecule has 0 bridgehead atoms. The zero-order valence-electron chi connectivity index (χ0n) is 29.4. The largest absolute Gasteiger partial charge is 0.557 e. The van der Waals surface area contributed by atoms with E-state index in [1.54, 1.807) is 125 Å². The van der Waals surface area contributed by atoms with Crippen LogP contribution in [0.3, 0.4) is 0 Å². The number of halogens is 3. The zero-order valence-corrected chi connectivity index (χ0v) is 32.6. The Kier molecular flexibility index (Phi) is 15.2. The molecule has 0 aliphatic carbocycles. The van der Waals surface area contributed by atoms with Gasteiger partial charge in [0.2, 0.25) is 0 Å². The lowest BCUT2D eigenvalue weighted by molar-refractivity contribution is -0.510. The topological polar surface area (TPSA) is 128 Å². The van der Waals surface area contributed by atoms with Crippen molar-refractivity contribution in [2.24, 2.45) is 0 Å². The fourth-order valence-electron chi connectivity index (χ4n) is 2.67. The average Bonchev–Trinajstić information content (AvgIpc) is 2.61. The third-order valence-electron chi connectivity index (χ3n) is 3.25. The molecule has 266 valence electrons. The Bertz CT molecular complexity index is 773. The first kappa shape index (κ1) is 44.6. The van der Waals surface area contributed by atoms with E-state index in [4.69, 9.17) is 91.9 Å². The fraction of sp³-hybridized carbons (Fsp3) is 1.00. The Labute approximate surface area is 278 Å². The molecule has 0 rings (SSSR count). The van der Waals surface area contributed by atoms with Gasteiger partial charge in [0.15, 0.2) is 0 Å². The van der Waals surface area contributed by atoms with Crippen molar-refractivity contribution in [2.45, 2.75) is 175 Å². The minimum Gasteiger partial charge on any atom is -0.307 e. The van der Waals surface area contributed by atoms with Gasteiger partial charge in [0.25, 0.3) is 0 Å². The Balaban J connectivity index is 6.62. The molecule has 0 unspecified atom stereocenters.